The van der Waals surface area contributed by atoms with Crippen LogP contribution in [-0.4, -0.2) is 54.6 Å². The second kappa shape index (κ2) is 13.0. The maximum Gasteiger partial charge on any atom is 0.245 e. The number of nitrogens with one attached hydrogen (secondary N) is 2. The standard InChI is InChI=1S/C32H43F2N3O3/c1-21(38)36-28(16-23-14-26(33)19-27(34)15-23)29(39)20-35-32(25-9-7-8-24(18-25)31(2,3)4)12-10-22(11-13-32)17-30(40)37(5)6/h7-9,14-15,17-19,28-29,35,39H,10-13,16,20H2,1-6H3,(H,36,38)/t28-,29+,32?/m0/s1. The van der Waals surface area contributed by atoms with Crippen molar-refractivity contribution in [2.75, 3.05) is 20.6 Å². The van der Waals surface area contributed by atoms with Crippen LogP contribution in [0.1, 0.15) is 70.1 Å². The van der Waals surface area contributed by atoms with E-state index in [1.807, 2.05) is 0 Å². The lowest BCUT2D eigenvalue weighted by molar-refractivity contribution is -0.123. The lowest BCUT2D eigenvalue weighted by Crippen LogP contribution is -2.53. The molecular formula is C32H43F2N3O3. The summed E-state index contributed by atoms with van der Waals surface area (Å²) >= 11 is 0. The summed E-state index contributed by atoms with van der Waals surface area (Å²) < 4.78 is 27.6. The quantitative estimate of drug-likeness (QED) is 0.391. The Balaban J connectivity index is 1.87. The first kappa shape index (κ1) is 31.4. The number of rotatable bonds is 9. The molecule has 0 bridgehead atoms. The van der Waals surface area contributed by atoms with Crippen molar-refractivity contribution in [2.45, 2.75) is 82.9 Å². The summed E-state index contributed by atoms with van der Waals surface area (Å²) in [5.41, 5.74) is 3.22. The number of likely N-dealkylation sites (N-methyl/N-ethyl adjacent to an activating group) is 1. The van der Waals surface area contributed by atoms with Gasteiger partial charge >= 0.3 is 0 Å². The molecular weight excluding hydrogens is 512 g/mol. The molecule has 1 aliphatic rings. The molecule has 1 saturated carbocycles. The lowest BCUT2D eigenvalue weighted by Gasteiger charge is -2.41. The number of hydrogen-bond donors (Lipinski definition) is 3. The van der Waals surface area contributed by atoms with E-state index in [2.05, 4.69) is 55.7 Å². The molecule has 40 heavy (non-hydrogen) atoms. The molecule has 1 aliphatic carbocycles. The number of halogens is 2. The molecule has 6 nitrogen and oxygen atoms in total. The number of nitrogens with zero attached hydrogens (tertiary/aromatic N) is 1. The van der Waals surface area contributed by atoms with E-state index in [-0.39, 0.29) is 30.2 Å². The Hall–Kier alpha value is -3.10. The van der Waals surface area contributed by atoms with E-state index in [9.17, 15) is 23.5 Å². The number of hydrogen-bond acceptors (Lipinski definition) is 4. The molecule has 2 amide bonds. The smallest absolute Gasteiger partial charge is 0.245 e. The number of carbonyl (C=O) groups is 2. The minimum absolute atomic E-state index is 0.0347. The molecule has 3 rings (SSSR count). The van der Waals surface area contributed by atoms with Crippen LogP contribution < -0.4 is 10.6 Å². The minimum Gasteiger partial charge on any atom is -0.390 e. The second-order valence-electron chi connectivity index (χ2n) is 12.2. The van der Waals surface area contributed by atoms with Crippen molar-refractivity contribution in [3.05, 3.63) is 82.4 Å². The van der Waals surface area contributed by atoms with Gasteiger partial charge in [0, 0.05) is 45.2 Å². The van der Waals surface area contributed by atoms with Gasteiger partial charge in [0.15, 0.2) is 0 Å². The predicted molar refractivity (Wildman–Crippen MR) is 154 cm³/mol. The zero-order valence-electron chi connectivity index (χ0n) is 24.5. The van der Waals surface area contributed by atoms with E-state index in [4.69, 9.17) is 0 Å². The third-order valence-electron chi connectivity index (χ3n) is 7.68. The maximum atomic E-state index is 13.8. The number of aliphatic hydroxyl groups is 1. The summed E-state index contributed by atoms with van der Waals surface area (Å²) in [5, 5.41) is 17.6. The van der Waals surface area contributed by atoms with Gasteiger partial charge in [-0.25, -0.2) is 8.78 Å². The van der Waals surface area contributed by atoms with Crippen LogP contribution in [0.25, 0.3) is 0 Å². The van der Waals surface area contributed by atoms with Crippen LogP contribution in [0.2, 0.25) is 0 Å². The molecule has 2 aromatic carbocycles. The van der Waals surface area contributed by atoms with E-state index < -0.39 is 29.3 Å². The molecule has 0 saturated heterocycles. The highest BCUT2D eigenvalue weighted by atomic mass is 19.1. The van der Waals surface area contributed by atoms with Crippen LogP contribution >= 0.6 is 0 Å². The highest BCUT2D eigenvalue weighted by molar-refractivity contribution is 5.87. The molecule has 0 aromatic heterocycles. The molecule has 218 valence electrons. The summed E-state index contributed by atoms with van der Waals surface area (Å²) in [7, 11) is 3.47. The van der Waals surface area contributed by atoms with Gasteiger partial charge in [-0.2, -0.15) is 0 Å². The van der Waals surface area contributed by atoms with Crippen molar-refractivity contribution < 1.29 is 23.5 Å². The Morgan fingerprint density at radius 2 is 1.70 bits per heavy atom. The van der Waals surface area contributed by atoms with Gasteiger partial charge in [0.2, 0.25) is 11.8 Å². The van der Waals surface area contributed by atoms with Crippen LogP contribution in [0, 0.1) is 11.6 Å². The largest absolute Gasteiger partial charge is 0.390 e. The summed E-state index contributed by atoms with van der Waals surface area (Å²) in [6.07, 6.45) is 3.66. The van der Waals surface area contributed by atoms with Crippen LogP contribution in [-0.2, 0) is 27.0 Å². The van der Waals surface area contributed by atoms with Gasteiger partial charge in [-0.3, -0.25) is 9.59 Å². The number of carbonyl (C=O) groups excluding carboxylic acids is 2. The van der Waals surface area contributed by atoms with Crippen LogP contribution in [0.4, 0.5) is 8.78 Å². The Kier molecular flexibility index (Phi) is 10.2. The minimum atomic E-state index is -1.02. The van der Waals surface area contributed by atoms with E-state index in [1.54, 1.807) is 25.1 Å². The van der Waals surface area contributed by atoms with Crippen LogP contribution in [0.3, 0.4) is 0 Å². The van der Waals surface area contributed by atoms with E-state index in [0.717, 1.165) is 42.9 Å². The molecule has 0 heterocycles. The molecule has 2 aromatic rings. The topological polar surface area (TPSA) is 81.7 Å². The normalized spacial score (nSPS) is 19.1. The van der Waals surface area contributed by atoms with Gasteiger partial charge in [0.05, 0.1) is 12.1 Å². The number of allylic oxidation sites excluding steroid dienone is 1. The Bertz CT molecular complexity index is 1210. The molecule has 8 heteroatoms. The van der Waals surface area contributed by atoms with Crippen molar-refractivity contribution in [3.63, 3.8) is 0 Å². The monoisotopic (exact) mass is 555 g/mol. The summed E-state index contributed by atoms with van der Waals surface area (Å²) in [4.78, 5) is 25.8. The number of benzene rings is 2. The van der Waals surface area contributed by atoms with Gasteiger partial charge in [0.1, 0.15) is 11.6 Å². The fraction of sp³-hybridized carbons (Fsp3) is 0.500. The Morgan fingerprint density at radius 3 is 2.25 bits per heavy atom. The van der Waals surface area contributed by atoms with Crippen molar-refractivity contribution in [1.29, 1.82) is 0 Å². The molecule has 0 spiro atoms. The first-order chi connectivity index (χ1) is 18.7. The average Bonchev–Trinajstić information content (AvgIpc) is 2.86. The van der Waals surface area contributed by atoms with Crippen molar-refractivity contribution in [3.8, 4) is 0 Å². The predicted octanol–water partition coefficient (Wildman–Crippen LogP) is 4.74. The van der Waals surface area contributed by atoms with Gasteiger partial charge in [-0.1, -0.05) is 50.6 Å². The average molecular weight is 556 g/mol. The maximum absolute atomic E-state index is 13.8. The van der Waals surface area contributed by atoms with Gasteiger partial charge in [-0.05, 0) is 66.3 Å². The molecule has 0 aliphatic heterocycles. The summed E-state index contributed by atoms with van der Waals surface area (Å²) in [5.74, 6) is -1.79. The SMILES string of the molecule is CC(=O)N[C@@H](Cc1cc(F)cc(F)c1)[C@H](O)CNC1(c2cccc(C(C)(C)C)c2)CCC(=CC(=O)N(C)C)CC1. The van der Waals surface area contributed by atoms with E-state index in [0.29, 0.717) is 5.56 Å². The summed E-state index contributed by atoms with van der Waals surface area (Å²) in [6, 6.07) is 10.9. The van der Waals surface area contributed by atoms with Crippen LogP contribution in [0.15, 0.2) is 54.1 Å². The van der Waals surface area contributed by atoms with Crippen LogP contribution in [0.5, 0.6) is 0 Å². The second-order valence-corrected chi connectivity index (χ2v) is 12.2. The molecule has 0 radical (unpaired) electrons. The molecule has 1 fully saturated rings. The Labute approximate surface area is 236 Å². The van der Waals surface area contributed by atoms with E-state index in [1.165, 1.54) is 24.6 Å². The van der Waals surface area contributed by atoms with Crippen molar-refractivity contribution >= 4 is 11.8 Å². The zero-order valence-corrected chi connectivity index (χ0v) is 24.5. The first-order valence-electron chi connectivity index (χ1n) is 13.9. The molecule has 2 atom stereocenters. The van der Waals surface area contributed by atoms with Gasteiger partial charge in [-0.15, -0.1) is 0 Å². The van der Waals surface area contributed by atoms with Crippen molar-refractivity contribution in [2.24, 2.45) is 0 Å². The lowest BCUT2D eigenvalue weighted by atomic mass is 9.73. The fourth-order valence-electron chi connectivity index (χ4n) is 5.27. The number of amides is 2. The molecule has 3 N–H and O–H groups in total. The zero-order chi connectivity index (χ0) is 29.7. The highest BCUT2D eigenvalue weighted by Gasteiger charge is 2.37. The summed E-state index contributed by atoms with van der Waals surface area (Å²) in [6.45, 7) is 7.99. The third kappa shape index (κ3) is 8.45. The Morgan fingerprint density at radius 1 is 1.07 bits per heavy atom. The van der Waals surface area contributed by atoms with E-state index >= 15 is 0 Å². The number of aliphatic hydroxyl groups excluding tert-OH is 1. The van der Waals surface area contributed by atoms with Gasteiger partial charge < -0.3 is 20.6 Å². The van der Waals surface area contributed by atoms with Gasteiger partial charge in [0.25, 0.3) is 0 Å². The fourth-order valence-corrected chi connectivity index (χ4v) is 5.27. The highest BCUT2D eigenvalue weighted by Crippen LogP contribution is 2.40. The first-order valence-corrected chi connectivity index (χ1v) is 13.9. The molecule has 0 unspecified atom stereocenters. The van der Waals surface area contributed by atoms with Crippen molar-refractivity contribution in [1.82, 2.24) is 15.5 Å². The third-order valence-corrected chi connectivity index (χ3v) is 7.68.